The average Bonchev–Trinajstić information content (AvgIpc) is 2.31. The van der Waals surface area contributed by atoms with Gasteiger partial charge >= 0.3 is 0 Å². The molecule has 0 aliphatic carbocycles. The van der Waals surface area contributed by atoms with Crippen LogP contribution in [0.25, 0.3) is 0 Å². The molecule has 0 unspecified atom stereocenters. The highest BCUT2D eigenvalue weighted by Crippen LogP contribution is 2.12. The smallest absolute Gasteiger partial charge is 0.0783 e. The number of carbonyl (C=O) groups is 1. The van der Waals surface area contributed by atoms with Gasteiger partial charge in [-0.25, -0.2) is 0 Å². The minimum Gasteiger partial charge on any atom is -0.545 e. The molecule has 0 amide bonds. The van der Waals surface area contributed by atoms with Gasteiger partial charge in [-0.1, -0.05) is 34.3 Å². The van der Waals surface area contributed by atoms with Gasteiger partial charge in [0.15, 0.2) is 0 Å². The van der Waals surface area contributed by atoms with Crippen molar-refractivity contribution in [1.82, 2.24) is 0 Å². The lowest BCUT2D eigenvalue weighted by atomic mass is 10.2. The number of quaternary nitrogens is 1. The van der Waals surface area contributed by atoms with Gasteiger partial charge in [0.2, 0.25) is 0 Å². The third-order valence-electron chi connectivity index (χ3n) is 3.14. The van der Waals surface area contributed by atoms with Crippen LogP contribution in [0.3, 0.4) is 0 Å². The fraction of sp³-hybridized carbons (Fsp3) is 0.812. The summed E-state index contributed by atoms with van der Waals surface area (Å²) in [6, 6.07) is 0. The van der Waals surface area contributed by atoms with Crippen LogP contribution in [0.2, 0.25) is 0 Å². The Labute approximate surface area is 119 Å². The molecule has 0 aromatic rings. The molecule has 0 aromatic heterocycles. The molecule has 3 nitrogen and oxygen atoms in total. The topological polar surface area (TPSA) is 40.1 Å². The standard InChI is InChI=1S/C12H28N.C4H6O2/c1-5-9-13(10-6-2,11-7-3)12-8-4;1-3(2)4(5)6/h5-12H2,1-4H3;1H2,2H3,(H,5,6)/q+1;/p-1. The SMILES string of the molecule is C=C(C)C(=O)[O-].CCC[N+](CCC)(CCC)CCC. The van der Waals surface area contributed by atoms with Gasteiger partial charge in [-0.2, -0.15) is 0 Å². The predicted molar refractivity (Wildman–Crippen MR) is 80.7 cm³/mol. The van der Waals surface area contributed by atoms with Gasteiger partial charge in [0, 0.05) is 0 Å². The summed E-state index contributed by atoms with van der Waals surface area (Å²) in [5.41, 5.74) is 0.0648. The minimum atomic E-state index is -1.19. The summed E-state index contributed by atoms with van der Waals surface area (Å²) in [5.74, 6) is -1.19. The summed E-state index contributed by atoms with van der Waals surface area (Å²) in [6.07, 6.45) is 5.33. The molecule has 0 atom stereocenters. The minimum absolute atomic E-state index is 0.0648. The van der Waals surface area contributed by atoms with Crippen molar-refractivity contribution in [1.29, 1.82) is 0 Å². The van der Waals surface area contributed by atoms with E-state index in [1.54, 1.807) is 0 Å². The molecule has 0 saturated heterocycles. The van der Waals surface area contributed by atoms with Gasteiger partial charge < -0.3 is 14.4 Å². The third-order valence-corrected chi connectivity index (χ3v) is 3.14. The number of carbonyl (C=O) groups excluding carboxylic acids is 1. The van der Waals surface area contributed by atoms with Crippen LogP contribution in [0, 0.1) is 0 Å². The summed E-state index contributed by atoms with van der Waals surface area (Å²) in [6.45, 7) is 19.3. The molecule has 3 heteroatoms. The summed E-state index contributed by atoms with van der Waals surface area (Å²) in [7, 11) is 0. The second-order valence-corrected chi connectivity index (χ2v) is 5.30. The summed E-state index contributed by atoms with van der Waals surface area (Å²) in [5, 5.41) is 9.49. The van der Waals surface area contributed by atoms with Crippen molar-refractivity contribution in [2.45, 2.75) is 60.3 Å². The van der Waals surface area contributed by atoms with Crippen molar-refractivity contribution in [2.75, 3.05) is 26.2 Å². The van der Waals surface area contributed by atoms with Gasteiger partial charge in [0.1, 0.15) is 0 Å². The van der Waals surface area contributed by atoms with Crippen molar-refractivity contribution < 1.29 is 14.4 Å². The van der Waals surface area contributed by atoms with Gasteiger partial charge in [0.25, 0.3) is 0 Å². The zero-order valence-corrected chi connectivity index (χ0v) is 13.6. The molecule has 19 heavy (non-hydrogen) atoms. The Bertz CT molecular complexity index is 208. The lowest BCUT2D eigenvalue weighted by molar-refractivity contribution is -0.928. The summed E-state index contributed by atoms with van der Waals surface area (Å²) < 4.78 is 1.38. The Balaban J connectivity index is 0. The Kier molecular flexibility index (Phi) is 13.2. The quantitative estimate of drug-likeness (QED) is 0.478. The number of hydrogen-bond donors (Lipinski definition) is 0. The number of aliphatic carboxylic acids is 1. The van der Waals surface area contributed by atoms with E-state index in [1.807, 2.05) is 0 Å². The first-order valence-corrected chi connectivity index (χ1v) is 7.61. The molecule has 0 aliphatic heterocycles. The van der Waals surface area contributed by atoms with E-state index in [-0.39, 0.29) is 5.57 Å². The monoisotopic (exact) mass is 271 g/mol. The maximum absolute atomic E-state index is 9.49. The Morgan fingerprint density at radius 1 is 0.895 bits per heavy atom. The molecule has 0 saturated carbocycles. The number of rotatable bonds is 9. The molecule has 0 fully saturated rings. The molecule has 0 aromatic carbocycles. The molecular weight excluding hydrogens is 238 g/mol. The number of nitrogens with zero attached hydrogens (tertiary/aromatic N) is 1. The normalized spacial score (nSPS) is 10.6. The third kappa shape index (κ3) is 10.8. The zero-order valence-electron chi connectivity index (χ0n) is 13.6. The van der Waals surface area contributed by atoms with Crippen LogP contribution in [-0.2, 0) is 4.79 Å². The highest BCUT2D eigenvalue weighted by molar-refractivity contribution is 5.82. The molecular formula is C16H33NO2. The Hall–Kier alpha value is -0.830. The maximum Gasteiger partial charge on any atom is 0.0783 e. The number of hydrogen-bond acceptors (Lipinski definition) is 2. The predicted octanol–water partition coefficient (Wildman–Crippen LogP) is 2.76. The molecule has 0 aliphatic rings. The van der Waals surface area contributed by atoms with Crippen molar-refractivity contribution in [3.05, 3.63) is 12.2 Å². The number of carboxylic acid groups (broad SMARTS) is 1. The van der Waals surface area contributed by atoms with Gasteiger partial charge in [-0.3, -0.25) is 0 Å². The van der Waals surface area contributed by atoms with E-state index in [0.717, 1.165) is 0 Å². The van der Waals surface area contributed by atoms with Crippen LogP contribution in [0.5, 0.6) is 0 Å². The van der Waals surface area contributed by atoms with Crippen LogP contribution < -0.4 is 5.11 Å². The van der Waals surface area contributed by atoms with E-state index in [9.17, 15) is 9.90 Å². The number of carboxylic acids is 1. The van der Waals surface area contributed by atoms with Crippen LogP contribution in [0.4, 0.5) is 0 Å². The molecule has 0 bridgehead atoms. The first-order chi connectivity index (χ1) is 8.89. The fourth-order valence-electron chi connectivity index (χ4n) is 2.57. The van der Waals surface area contributed by atoms with Gasteiger partial charge in [0.05, 0.1) is 32.1 Å². The maximum atomic E-state index is 9.49. The fourth-order valence-corrected chi connectivity index (χ4v) is 2.57. The van der Waals surface area contributed by atoms with E-state index < -0.39 is 5.97 Å². The Morgan fingerprint density at radius 3 is 1.21 bits per heavy atom. The summed E-state index contributed by atoms with van der Waals surface area (Å²) in [4.78, 5) is 9.49. The lowest BCUT2D eigenvalue weighted by Crippen LogP contribution is -2.50. The van der Waals surface area contributed by atoms with Crippen LogP contribution in [0.15, 0.2) is 12.2 Å². The average molecular weight is 271 g/mol. The zero-order chi connectivity index (χ0) is 15.3. The highest BCUT2D eigenvalue weighted by atomic mass is 16.4. The van der Waals surface area contributed by atoms with E-state index in [2.05, 4.69) is 34.3 Å². The molecule has 0 heterocycles. The van der Waals surface area contributed by atoms with E-state index >= 15 is 0 Å². The van der Waals surface area contributed by atoms with Crippen molar-refractivity contribution >= 4 is 5.97 Å². The molecule has 114 valence electrons. The van der Waals surface area contributed by atoms with E-state index in [1.165, 1.54) is 63.3 Å². The first kappa shape index (κ1) is 20.5. The van der Waals surface area contributed by atoms with E-state index in [0.29, 0.717) is 0 Å². The highest BCUT2D eigenvalue weighted by Gasteiger charge is 2.22. The second-order valence-electron chi connectivity index (χ2n) is 5.30. The lowest BCUT2D eigenvalue weighted by Gasteiger charge is -2.38. The van der Waals surface area contributed by atoms with E-state index in [4.69, 9.17) is 0 Å². The molecule has 0 spiro atoms. The van der Waals surface area contributed by atoms with Crippen LogP contribution in [-0.4, -0.2) is 36.6 Å². The largest absolute Gasteiger partial charge is 0.545 e. The Morgan fingerprint density at radius 2 is 1.11 bits per heavy atom. The van der Waals surface area contributed by atoms with Crippen LogP contribution >= 0.6 is 0 Å². The first-order valence-electron chi connectivity index (χ1n) is 7.61. The van der Waals surface area contributed by atoms with Gasteiger partial charge in [-0.15, -0.1) is 0 Å². The molecule has 0 rings (SSSR count). The van der Waals surface area contributed by atoms with Crippen molar-refractivity contribution in [3.63, 3.8) is 0 Å². The van der Waals surface area contributed by atoms with Crippen molar-refractivity contribution in [2.24, 2.45) is 0 Å². The second kappa shape index (κ2) is 12.2. The molecule has 0 N–H and O–H groups in total. The van der Waals surface area contributed by atoms with Crippen LogP contribution in [0.1, 0.15) is 60.3 Å². The molecule has 0 radical (unpaired) electrons. The summed E-state index contributed by atoms with van der Waals surface area (Å²) >= 11 is 0. The van der Waals surface area contributed by atoms with Crippen molar-refractivity contribution in [3.8, 4) is 0 Å². The van der Waals surface area contributed by atoms with Gasteiger partial charge in [-0.05, 0) is 38.2 Å².